The van der Waals surface area contributed by atoms with Crippen molar-refractivity contribution in [3.05, 3.63) is 53.9 Å². The lowest BCUT2D eigenvalue weighted by atomic mass is 9.85. The number of allylic oxidation sites excluding steroid dienone is 2. The van der Waals surface area contributed by atoms with Gasteiger partial charge in [-0.15, -0.1) is 0 Å². The van der Waals surface area contributed by atoms with Crippen LogP contribution in [0.25, 0.3) is 0 Å². The van der Waals surface area contributed by atoms with Gasteiger partial charge in [0.15, 0.2) is 0 Å². The largest absolute Gasteiger partial charge is 0.325 e. The summed E-state index contributed by atoms with van der Waals surface area (Å²) in [5.74, 6) is -2.01. The minimum absolute atomic E-state index is 0.0272. The molecule has 1 saturated heterocycles. The minimum atomic E-state index is -3.93. The molecule has 1 aromatic carbocycles. The van der Waals surface area contributed by atoms with E-state index < -0.39 is 27.8 Å². The Hall–Kier alpha value is -3.60. The zero-order chi connectivity index (χ0) is 23.8. The molecule has 3 amide bonds. The molecule has 1 aliphatic carbocycles. The van der Waals surface area contributed by atoms with Gasteiger partial charge in [0.05, 0.1) is 16.7 Å². The number of hydrogen-bond acceptors (Lipinski definition) is 7. The summed E-state index contributed by atoms with van der Waals surface area (Å²) >= 11 is 0. The molecular formula is C22H23N5O5S. The molecular weight excluding hydrogens is 446 g/mol. The number of nitrogens with zero attached hydrogens (tertiary/aromatic N) is 3. The Bertz CT molecular complexity index is 1210. The van der Waals surface area contributed by atoms with E-state index in [4.69, 9.17) is 0 Å². The summed E-state index contributed by atoms with van der Waals surface area (Å²) in [5, 5.41) is 2.59. The maximum absolute atomic E-state index is 12.6. The lowest BCUT2D eigenvalue weighted by molar-refractivity contribution is -0.142. The number of imide groups is 1. The molecule has 0 unspecified atom stereocenters. The molecule has 4 rings (SSSR count). The standard InChI is InChI=1S/C22H23N5O5S/c1-13-11-14(2)24-22(23-13)26-33(31,32)16-9-7-15(8-10-16)25-19(28)12-27-20(29)17-5-3-4-6-18(17)21(27)30/h3-4,7-11,17-18H,5-6,12H2,1-2H3,(H,25,28)(H,23,24,26)/t17-,18+. The van der Waals surface area contributed by atoms with Gasteiger partial charge >= 0.3 is 0 Å². The molecule has 1 fully saturated rings. The Morgan fingerprint density at radius 1 is 1.00 bits per heavy atom. The Morgan fingerprint density at radius 3 is 2.09 bits per heavy atom. The van der Waals surface area contributed by atoms with E-state index in [-0.39, 0.29) is 29.2 Å². The van der Waals surface area contributed by atoms with Gasteiger partial charge in [-0.25, -0.2) is 23.1 Å². The van der Waals surface area contributed by atoms with Gasteiger partial charge in [-0.05, 0) is 57.0 Å². The summed E-state index contributed by atoms with van der Waals surface area (Å²) in [6.45, 7) is 3.09. The first-order valence-electron chi connectivity index (χ1n) is 10.4. The zero-order valence-electron chi connectivity index (χ0n) is 18.1. The number of aromatic nitrogens is 2. The van der Waals surface area contributed by atoms with Crippen LogP contribution >= 0.6 is 0 Å². The summed E-state index contributed by atoms with van der Waals surface area (Å²) < 4.78 is 27.6. The quantitative estimate of drug-likeness (QED) is 0.486. The third kappa shape index (κ3) is 4.77. The van der Waals surface area contributed by atoms with Crippen molar-refractivity contribution in [2.45, 2.75) is 31.6 Å². The van der Waals surface area contributed by atoms with Crippen molar-refractivity contribution in [2.75, 3.05) is 16.6 Å². The van der Waals surface area contributed by atoms with Crippen molar-refractivity contribution in [3.8, 4) is 0 Å². The van der Waals surface area contributed by atoms with E-state index in [2.05, 4.69) is 20.0 Å². The van der Waals surface area contributed by atoms with Crippen LogP contribution in [-0.4, -0.2) is 47.6 Å². The van der Waals surface area contributed by atoms with E-state index in [1.807, 2.05) is 12.2 Å². The number of benzene rings is 1. The highest BCUT2D eigenvalue weighted by Crippen LogP contribution is 2.34. The molecule has 2 N–H and O–H groups in total. The molecule has 0 saturated carbocycles. The second kappa shape index (κ2) is 8.74. The molecule has 2 atom stereocenters. The third-order valence-corrected chi connectivity index (χ3v) is 6.90. The van der Waals surface area contributed by atoms with Gasteiger partial charge in [-0.2, -0.15) is 0 Å². The first kappa shape index (κ1) is 22.6. The van der Waals surface area contributed by atoms with Crippen molar-refractivity contribution in [1.29, 1.82) is 0 Å². The predicted octanol–water partition coefficient (Wildman–Crippen LogP) is 1.78. The van der Waals surface area contributed by atoms with Gasteiger partial charge in [0, 0.05) is 17.1 Å². The normalized spacial score (nSPS) is 20.0. The van der Waals surface area contributed by atoms with E-state index in [0.29, 0.717) is 29.9 Å². The van der Waals surface area contributed by atoms with E-state index in [1.165, 1.54) is 24.3 Å². The van der Waals surface area contributed by atoms with E-state index in [1.54, 1.807) is 19.9 Å². The van der Waals surface area contributed by atoms with E-state index >= 15 is 0 Å². The number of nitrogens with one attached hydrogen (secondary N) is 2. The van der Waals surface area contributed by atoms with Gasteiger partial charge in [0.25, 0.3) is 10.0 Å². The van der Waals surface area contributed by atoms with Gasteiger partial charge < -0.3 is 5.32 Å². The van der Waals surface area contributed by atoms with Crippen molar-refractivity contribution in [2.24, 2.45) is 11.8 Å². The molecule has 2 aliphatic rings. The molecule has 2 heterocycles. The fourth-order valence-corrected chi connectivity index (χ4v) is 4.98. The van der Waals surface area contributed by atoms with Crippen LogP contribution in [0.4, 0.5) is 11.6 Å². The van der Waals surface area contributed by atoms with Crippen molar-refractivity contribution >= 4 is 39.4 Å². The number of hydrogen-bond donors (Lipinski definition) is 2. The average molecular weight is 470 g/mol. The van der Waals surface area contributed by atoms with Crippen molar-refractivity contribution < 1.29 is 22.8 Å². The first-order valence-corrected chi connectivity index (χ1v) is 11.9. The molecule has 33 heavy (non-hydrogen) atoms. The smallest absolute Gasteiger partial charge is 0.264 e. The van der Waals surface area contributed by atoms with Crippen LogP contribution in [0.2, 0.25) is 0 Å². The summed E-state index contributed by atoms with van der Waals surface area (Å²) in [6, 6.07) is 7.22. The number of rotatable bonds is 6. The van der Waals surface area contributed by atoms with Crippen LogP contribution in [-0.2, 0) is 24.4 Å². The van der Waals surface area contributed by atoms with E-state index in [0.717, 1.165) is 4.90 Å². The summed E-state index contributed by atoms with van der Waals surface area (Å²) in [7, 11) is -3.93. The summed E-state index contributed by atoms with van der Waals surface area (Å²) in [4.78, 5) is 46.5. The first-order chi connectivity index (χ1) is 15.6. The highest BCUT2D eigenvalue weighted by Gasteiger charge is 2.47. The second-order valence-corrected chi connectivity index (χ2v) is 9.75. The Morgan fingerprint density at radius 2 is 1.55 bits per heavy atom. The van der Waals surface area contributed by atoms with E-state index in [9.17, 15) is 22.8 Å². The minimum Gasteiger partial charge on any atom is -0.325 e. The molecule has 10 nitrogen and oxygen atoms in total. The number of anilines is 2. The molecule has 11 heteroatoms. The SMILES string of the molecule is Cc1cc(C)nc(NS(=O)(=O)c2ccc(NC(=O)CN3C(=O)[C@H]4CC=CC[C@H]4C3=O)cc2)n1. The number of carbonyl (C=O) groups is 3. The molecule has 1 aromatic heterocycles. The van der Waals surface area contributed by atoms with Crippen molar-refractivity contribution in [3.63, 3.8) is 0 Å². The predicted molar refractivity (Wildman–Crippen MR) is 119 cm³/mol. The van der Waals surface area contributed by atoms with Crippen molar-refractivity contribution in [1.82, 2.24) is 14.9 Å². The van der Waals surface area contributed by atoms with Crippen LogP contribution in [0.15, 0.2) is 47.4 Å². The lowest BCUT2D eigenvalue weighted by Crippen LogP contribution is -2.38. The maximum Gasteiger partial charge on any atom is 0.264 e. The van der Waals surface area contributed by atoms with Crippen LogP contribution in [0.5, 0.6) is 0 Å². The maximum atomic E-state index is 12.6. The zero-order valence-corrected chi connectivity index (χ0v) is 18.9. The van der Waals surface area contributed by atoms with Gasteiger partial charge in [-0.1, -0.05) is 12.2 Å². The summed E-state index contributed by atoms with van der Waals surface area (Å²) in [6.07, 6.45) is 4.77. The number of likely N-dealkylation sites (tertiary alicyclic amines) is 1. The highest BCUT2D eigenvalue weighted by molar-refractivity contribution is 7.92. The number of amides is 3. The number of carbonyl (C=O) groups excluding carboxylic acids is 3. The highest BCUT2D eigenvalue weighted by atomic mass is 32.2. The fourth-order valence-electron chi connectivity index (χ4n) is 4.04. The second-order valence-electron chi connectivity index (χ2n) is 8.07. The monoisotopic (exact) mass is 469 g/mol. The average Bonchev–Trinajstić information content (AvgIpc) is 2.98. The lowest BCUT2D eigenvalue weighted by Gasteiger charge is -2.14. The number of aryl methyl sites for hydroxylation is 2. The molecule has 172 valence electrons. The van der Waals surface area contributed by atoms with Crippen LogP contribution in [0.1, 0.15) is 24.2 Å². The van der Waals surface area contributed by atoms with Gasteiger partial charge in [-0.3, -0.25) is 19.3 Å². The van der Waals surface area contributed by atoms with Gasteiger partial charge in [0.1, 0.15) is 6.54 Å². The molecule has 1 aliphatic heterocycles. The van der Waals surface area contributed by atoms with Crippen LogP contribution in [0.3, 0.4) is 0 Å². The molecule has 0 bridgehead atoms. The molecule has 2 aromatic rings. The number of sulfonamides is 1. The Labute approximate surface area is 191 Å². The molecule has 0 spiro atoms. The fraction of sp³-hybridized carbons (Fsp3) is 0.318. The Kier molecular flexibility index (Phi) is 5.98. The topological polar surface area (TPSA) is 138 Å². The number of fused-ring (bicyclic) bond motifs is 1. The summed E-state index contributed by atoms with van der Waals surface area (Å²) in [5.41, 5.74) is 1.59. The Balaban J connectivity index is 1.39. The molecule has 0 radical (unpaired) electrons. The third-order valence-electron chi connectivity index (χ3n) is 5.56. The van der Waals surface area contributed by atoms with Gasteiger partial charge in [0.2, 0.25) is 23.7 Å². The van der Waals surface area contributed by atoms with Crippen LogP contribution < -0.4 is 10.0 Å². The van der Waals surface area contributed by atoms with Crippen LogP contribution in [0, 0.1) is 25.7 Å².